The first-order valence-electron chi connectivity index (χ1n) is 9.50. The Labute approximate surface area is 179 Å². The first kappa shape index (κ1) is 21.6. The van der Waals surface area contributed by atoms with Gasteiger partial charge in [0, 0.05) is 12.1 Å². The van der Waals surface area contributed by atoms with Crippen LogP contribution in [0.3, 0.4) is 0 Å². The minimum absolute atomic E-state index is 0.0431. The molecule has 0 bridgehead atoms. The van der Waals surface area contributed by atoms with E-state index in [2.05, 4.69) is 10.2 Å². The van der Waals surface area contributed by atoms with Crippen LogP contribution in [0.2, 0.25) is 0 Å². The summed E-state index contributed by atoms with van der Waals surface area (Å²) in [7, 11) is 1.52. The topological polar surface area (TPSA) is 103 Å². The number of aryl methyl sites for hydroxylation is 1. The van der Waals surface area contributed by atoms with Crippen molar-refractivity contribution in [1.29, 1.82) is 0 Å². The van der Waals surface area contributed by atoms with E-state index in [1.54, 1.807) is 19.1 Å². The molecule has 8 nitrogen and oxygen atoms in total. The molecule has 1 unspecified atom stereocenters. The molecule has 0 fully saturated rings. The zero-order chi connectivity index (χ0) is 22.4. The van der Waals surface area contributed by atoms with Crippen molar-refractivity contribution in [3.05, 3.63) is 93.5 Å². The molecule has 0 radical (unpaired) electrons. The Hall–Kier alpha value is -4.07. The molecule has 8 heteroatoms. The van der Waals surface area contributed by atoms with Gasteiger partial charge in [-0.05, 0) is 49.2 Å². The van der Waals surface area contributed by atoms with E-state index < -0.39 is 17.0 Å². The summed E-state index contributed by atoms with van der Waals surface area (Å²) in [5.41, 5.74) is 2.52. The number of esters is 1. The number of nitro groups is 1. The maximum absolute atomic E-state index is 12.9. The molecule has 0 heterocycles. The van der Waals surface area contributed by atoms with Gasteiger partial charge in [0.15, 0.2) is 0 Å². The SMILES string of the molecule is COc1cc(C(=O)OC(C)c2ccccc2)c(N=Nc2ccc([N+](=O)[O-])cc2)cc1C. The molecule has 0 saturated carbocycles. The highest BCUT2D eigenvalue weighted by atomic mass is 16.6. The Morgan fingerprint density at radius 1 is 1.03 bits per heavy atom. The number of hydrogen-bond donors (Lipinski definition) is 0. The third kappa shape index (κ3) is 5.30. The minimum atomic E-state index is -0.563. The van der Waals surface area contributed by atoms with E-state index in [4.69, 9.17) is 9.47 Å². The van der Waals surface area contributed by atoms with Gasteiger partial charge in [-0.2, -0.15) is 5.11 Å². The molecule has 0 N–H and O–H groups in total. The first-order chi connectivity index (χ1) is 14.9. The molecule has 0 aliphatic carbocycles. The molecule has 31 heavy (non-hydrogen) atoms. The van der Waals surface area contributed by atoms with Crippen molar-refractivity contribution in [2.75, 3.05) is 7.11 Å². The second-order valence-corrected chi connectivity index (χ2v) is 6.77. The summed E-state index contributed by atoms with van der Waals surface area (Å²) in [6, 6.07) is 18.3. The van der Waals surface area contributed by atoms with Gasteiger partial charge in [-0.1, -0.05) is 30.3 Å². The number of carbonyl (C=O) groups excluding carboxylic acids is 1. The molecule has 0 amide bonds. The highest BCUT2D eigenvalue weighted by Gasteiger charge is 2.19. The van der Waals surface area contributed by atoms with Crippen LogP contribution >= 0.6 is 0 Å². The van der Waals surface area contributed by atoms with Crippen LogP contribution in [-0.2, 0) is 4.74 Å². The fourth-order valence-electron chi connectivity index (χ4n) is 2.91. The van der Waals surface area contributed by atoms with Gasteiger partial charge in [0.1, 0.15) is 17.5 Å². The van der Waals surface area contributed by atoms with Crippen molar-refractivity contribution in [3.8, 4) is 5.75 Å². The monoisotopic (exact) mass is 419 g/mol. The Morgan fingerprint density at radius 3 is 2.32 bits per heavy atom. The number of ether oxygens (including phenoxy) is 2. The Balaban J connectivity index is 1.90. The van der Waals surface area contributed by atoms with Gasteiger partial charge in [-0.15, -0.1) is 5.11 Å². The zero-order valence-electron chi connectivity index (χ0n) is 17.3. The van der Waals surface area contributed by atoms with Crippen molar-refractivity contribution >= 4 is 23.0 Å². The Morgan fingerprint density at radius 2 is 1.71 bits per heavy atom. The normalized spacial score (nSPS) is 11.8. The summed E-state index contributed by atoms with van der Waals surface area (Å²) in [6.07, 6.45) is -0.458. The largest absolute Gasteiger partial charge is 0.496 e. The molecule has 3 aromatic carbocycles. The van der Waals surface area contributed by atoms with Crippen molar-refractivity contribution in [1.82, 2.24) is 0 Å². The molecular weight excluding hydrogens is 398 g/mol. The lowest BCUT2D eigenvalue weighted by molar-refractivity contribution is -0.384. The predicted octanol–water partition coefficient (Wildman–Crippen LogP) is 6.25. The van der Waals surface area contributed by atoms with Crippen molar-refractivity contribution in [3.63, 3.8) is 0 Å². The van der Waals surface area contributed by atoms with Gasteiger partial charge in [0.2, 0.25) is 0 Å². The van der Waals surface area contributed by atoms with Crippen molar-refractivity contribution in [2.24, 2.45) is 10.2 Å². The van der Waals surface area contributed by atoms with Gasteiger partial charge in [-0.25, -0.2) is 4.79 Å². The average Bonchev–Trinajstić information content (AvgIpc) is 2.78. The molecule has 3 aromatic rings. The molecule has 1 atom stereocenters. The summed E-state index contributed by atoms with van der Waals surface area (Å²) >= 11 is 0. The van der Waals surface area contributed by atoms with Crippen LogP contribution in [0.5, 0.6) is 5.75 Å². The highest BCUT2D eigenvalue weighted by molar-refractivity contribution is 5.95. The molecule has 0 aliphatic heterocycles. The molecule has 0 spiro atoms. The third-order valence-corrected chi connectivity index (χ3v) is 4.62. The lowest BCUT2D eigenvalue weighted by Crippen LogP contribution is -2.10. The van der Waals surface area contributed by atoms with Crippen molar-refractivity contribution in [2.45, 2.75) is 20.0 Å². The van der Waals surface area contributed by atoms with Crippen LogP contribution in [-0.4, -0.2) is 18.0 Å². The molecule has 3 rings (SSSR count). The number of hydrogen-bond acceptors (Lipinski definition) is 7. The lowest BCUT2D eigenvalue weighted by atomic mass is 10.1. The van der Waals surface area contributed by atoms with Gasteiger partial charge in [0.25, 0.3) is 5.69 Å². The smallest absolute Gasteiger partial charge is 0.341 e. The molecule has 0 saturated heterocycles. The van der Waals surface area contributed by atoms with Crippen LogP contribution in [0.25, 0.3) is 0 Å². The fourth-order valence-corrected chi connectivity index (χ4v) is 2.91. The summed E-state index contributed by atoms with van der Waals surface area (Å²) in [6.45, 7) is 3.61. The third-order valence-electron chi connectivity index (χ3n) is 4.62. The maximum Gasteiger partial charge on any atom is 0.341 e. The molecule has 0 aliphatic rings. The van der Waals surface area contributed by atoms with E-state index in [1.165, 1.54) is 31.4 Å². The Bertz CT molecular complexity index is 1110. The maximum atomic E-state index is 12.9. The first-order valence-corrected chi connectivity index (χ1v) is 9.50. The van der Waals surface area contributed by atoms with Gasteiger partial charge < -0.3 is 9.47 Å². The zero-order valence-corrected chi connectivity index (χ0v) is 17.3. The summed E-state index contributed by atoms with van der Waals surface area (Å²) < 4.78 is 11.0. The van der Waals surface area contributed by atoms with Crippen LogP contribution in [0, 0.1) is 17.0 Å². The Kier molecular flexibility index (Phi) is 6.71. The van der Waals surface area contributed by atoms with E-state index in [9.17, 15) is 14.9 Å². The number of methoxy groups -OCH3 is 1. The number of rotatable bonds is 7. The van der Waals surface area contributed by atoms with Gasteiger partial charge in [0.05, 0.1) is 23.3 Å². The molecule has 158 valence electrons. The minimum Gasteiger partial charge on any atom is -0.496 e. The van der Waals surface area contributed by atoms with Crippen molar-refractivity contribution < 1.29 is 19.2 Å². The molecular formula is C23H21N3O5. The van der Waals surface area contributed by atoms with E-state index in [0.717, 1.165) is 11.1 Å². The predicted molar refractivity (Wildman–Crippen MR) is 115 cm³/mol. The highest BCUT2D eigenvalue weighted by Crippen LogP contribution is 2.32. The van der Waals surface area contributed by atoms with Gasteiger partial charge >= 0.3 is 5.97 Å². The van der Waals surface area contributed by atoms with Crippen LogP contribution in [0.4, 0.5) is 17.1 Å². The quantitative estimate of drug-likeness (QED) is 0.195. The summed E-state index contributed by atoms with van der Waals surface area (Å²) in [5, 5.41) is 19.1. The number of carbonyl (C=O) groups is 1. The van der Waals surface area contributed by atoms with Gasteiger partial charge in [-0.3, -0.25) is 10.1 Å². The van der Waals surface area contributed by atoms with E-state index in [0.29, 0.717) is 17.1 Å². The number of azo groups is 1. The van der Waals surface area contributed by atoms with E-state index in [-0.39, 0.29) is 11.3 Å². The van der Waals surface area contributed by atoms with E-state index in [1.807, 2.05) is 37.3 Å². The van der Waals surface area contributed by atoms with Crippen LogP contribution in [0.15, 0.2) is 77.0 Å². The molecule has 0 aromatic heterocycles. The number of nitrogens with zero attached hydrogens (tertiary/aromatic N) is 3. The number of non-ortho nitro benzene ring substituents is 1. The standard InChI is InChI=1S/C23H21N3O5/c1-15-13-21(25-24-18-9-11-19(12-10-18)26(28)29)20(14-22(15)30-3)23(27)31-16(2)17-7-5-4-6-8-17/h4-14,16H,1-3H3. The second-order valence-electron chi connectivity index (χ2n) is 6.77. The van der Waals surface area contributed by atoms with Crippen LogP contribution in [0.1, 0.15) is 34.5 Å². The lowest BCUT2D eigenvalue weighted by Gasteiger charge is -2.15. The summed E-state index contributed by atoms with van der Waals surface area (Å²) in [5.74, 6) is -0.0408. The summed E-state index contributed by atoms with van der Waals surface area (Å²) in [4.78, 5) is 23.2. The fraction of sp³-hybridized carbons (Fsp3) is 0.174. The average molecular weight is 419 g/mol. The second kappa shape index (κ2) is 9.62. The number of benzene rings is 3. The number of nitro benzene ring substituents is 1. The van der Waals surface area contributed by atoms with Crippen LogP contribution < -0.4 is 4.74 Å². The van der Waals surface area contributed by atoms with E-state index >= 15 is 0 Å².